The van der Waals surface area contributed by atoms with Gasteiger partial charge >= 0.3 is 0 Å². The first-order valence-electron chi connectivity index (χ1n) is 3.49. The fourth-order valence-corrected chi connectivity index (χ4v) is 0.709. The predicted octanol–water partition coefficient (Wildman–Crippen LogP) is -0.0788. The van der Waals surface area contributed by atoms with Crippen LogP contribution in [0.5, 0.6) is 0 Å². The molecule has 0 aromatic carbocycles. The second-order valence-electron chi connectivity index (χ2n) is 2.68. The van der Waals surface area contributed by atoms with Crippen molar-refractivity contribution in [2.45, 2.75) is 26.3 Å². The first kappa shape index (κ1) is 9.59. The van der Waals surface area contributed by atoms with E-state index in [9.17, 15) is 4.79 Å². The van der Waals surface area contributed by atoms with E-state index in [2.05, 4.69) is 0 Å². The van der Waals surface area contributed by atoms with Gasteiger partial charge in [0.05, 0.1) is 6.04 Å². The Balaban J connectivity index is 3.71. The van der Waals surface area contributed by atoms with Crippen LogP contribution in [-0.4, -0.2) is 23.5 Å². The van der Waals surface area contributed by atoms with Crippen LogP contribution in [0.1, 0.15) is 20.3 Å². The molecule has 0 bridgehead atoms. The number of aliphatic hydroxyl groups is 1. The van der Waals surface area contributed by atoms with E-state index in [0.29, 0.717) is 6.42 Å². The van der Waals surface area contributed by atoms with E-state index in [4.69, 9.17) is 10.8 Å². The Labute approximate surface area is 61.2 Å². The van der Waals surface area contributed by atoms with Crippen LogP contribution in [0.15, 0.2) is 0 Å². The van der Waals surface area contributed by atoms with Crippen molar-refractivity contribution in [3.8, 4) is 0 Å². The van der Waals surface area contributed by atoms with Gasteiger partial charge in [0, 0.05) is 12.5 Å². The molecule has 10 heavy (non-hydrogen) atoms. The summed E-state index contributed by atoms with van der Waals surface area (Å²) in [6.45, 7) is 3.60. The fraction of sp³-hybridized carbons (Fsp3) is 0.857. The lowest BCUT2D eigenvalue weighted by Gasteiger charge is -2.10. The Morgan fingerprint density at radius 1 is 1.60 bits per heavy atom. The molecular formula is C7H15NO2. The lowest BCUT2D eigenvalue weighted by atomic mass is 10.0. The van der Waals surface area contributed by atoms with Gasteiger partial charge < -0.3 is 10.8 Å². The van der Waals surface area contributed by atoms with Crippen molar-refractivity contribution in [3.05, 3.63) is 0 Å². The van der Waals surface area contributed by atoms with Gasteiger partial charge in [0.25, 0.3) is 0 Å². The highest BCUT2D eigenvalue weighted by Crippen LogP contribution is 1.99. The van der Waals surface area contributed by atoms with Crippen LogP contribution in [0.25, 0.3) is 0 Å². The number of hydrogen-bond acceptors (Lipinski definition) is 3. The van der Waals surface area contributed by atoms with Crippen LogP contribution in [0, 0.1) is 5.92 Å². The molecule has 0 aliphatic carbocycles. The second-order valence-corrected chi connectivity index (χ2v) is 2.68. The minimum atomic E-state index is -0.481. The quantitative estimate of drug-likeness (QED) is 0.581. The molecule has 3 nitrogen and oxygen atoms in total. The molecule has 0 rings (SSSR count). The molecule has 60 valence electrons. The van der Waals surface area contributed by atoms with Gasteiger partial charge in [-0.2, -0.15) is 0 Å². The standard InChI is InChI=1S/C7H15NO2/c1-5(2)7(10)6(8)3-4-9/h5-6,9H,3-4,8H2,1-2H3/t6-/m0/s1. The Bertz CT molecular complexity index is 112. The summed E-state index contributed by atoms with van der Waals surface area (Å²) in [6, 6.07) is -0.481. The highest BCUT2D eigenvalue weighted by Gasteiger charge is 2.15. The fourth-order valence-electron chi connectivity index (χ4n) is 0.709. The molecule has 0 spiro atoms. The average molecular weight is 145 g/mol. The third kappa shape index (κ3) is 2.94. The molecular weight excluding hydrogens is 130 g/mol. The molecule has 0 fully saturated rings. The summed E-state index contributed by atoms with van der Waals surface area (Å²) in [5.74, 6) is -0.00407. The maximum absolute atomic E-state index is 11.0. The molecule has 0 aromatic rings. The molecule has 3 N–H and O–H groups in total. The topological polar surface area (TPSA) is 63.3 Å². The lowest BCUT2D eigenvalue weighted by molar-refractivity contribution is -0.123. The average Bonchev–Trinajstić information content (AvgIpc) is 1.87. The lowest BCUT2D eigenvalue weighted by Crippen LogP contribution is -2.34. The van der Waals surface area contributed by atoms with Gasteiger partial charge in [-0.25, -0.2) is 0 Å². The number of carbonyl (C=O) groups excluding carboxylic acids is 1. The molecule has 0 aliphatic heterocycles. The molecule has 0 aliphatic rings. The summed E-state index contributed by atoms with van der Waals surface area (Å²) in [5, 5.41) is 8.44. The van der Waals surface area contributed by atoms with Gasteiger partial charge in [0.1, 0.15) is 0 Å². The zero-order valence-corrected chi connectivity index (χ0v) is 6.50. The van der Waals surface area contributed by atoms with E-state index in [1.165, 1.54) is 0 Å². The SMILES string of the molecule is CC(C)C(=O)[C@@H](N)CCO. The Morgan fingerprint density at radius 2 is 2.10 bits per heavy atom. The molecule has 0 aromatic heterocycles. The smallest absolute Gasteiger partial charge is 0.152 e. The summed E-state index contributed by atoms with van der Waals surface area (Å²) in [5.41, 5.74) is 5.42. The first-order chi connectivity index (χ1) is 4.59. The van der Waals surface area contributed by atoms with Crippen LogP contribution in [0.3, 0.4) is 0 Å². The number of aliphatic hydroxyl groups excluding tert-OH is 1. The van der Waals surface area contributed by atoms with Gasteiger partial charge in [-0.3, -0.25) is 4.79 Å². The third-order valence-electron chi connectivity index (χ3n) is 1.37. The van der Waals surface area contributed by atoms with E-state index in [0.717, 1.165) is 0 Å². The largest absolute Gasteiger partial charge is 0.396 e. The van der Waals surface area contributed by atoms with Crippen molar-refractivity contribution < 1.29 is 9.90 Å². The Morgan fingerprint density at radius 3 is 2.40 bits per heavy atom. The molecule has 0 saturated heterocycles. The van der Waals surface area contributed by atoms with E-state index in [1.54, 1.807) is 13.8 Å². The number of Topliss-reactive ketones (excluding diaryl/α,β-unsaturated/α-hetero) is 1. The highest BCUT2D eigenvalue weighted by atomic mass is 16.3. The van der Waals surface area contributed by atoms with Crippen LogP contribution < -0.4 is 5.73 Å². The van der Waals surface area contributed by atoms with Crippen molar-refractivity contribution in [2.24, 2.45) is 11.7 Å². The molecule has 0 radical (unpaired) electrons. The summed E-state index contributed by atoms with van der Waals surface area (Å²) in [4.78, 5) is 11.0. The summed E-state index contributed by atoms with van der Waals surface area (Å²) >= 11 is 0. The Hall–Kier alpha value is -0.410. The molecule has 1 atom stereocenters. The van der Waals surface area contributed by atoms with Crippen molar-refractivity contribution in [3.63, 3.8) is 0 Å². The van der Waals surface area contributed by atoms with Crippen LogP contribution in [0.2, 0.25) is 0 Å². The van der Waals surface area contributed by atoms with E-state index >= 15 is 0 Å². The van der Waals surface area contributed by atoms with Crippen molar-refractivity contribution in [1.82, 2.24) is 0 Å². The maximum atomic E-state index is 11.0. The third-order valence-corrected chi connectivity index (χ3v) is 1.37. The summed E-state index contributed by atoms with van der Waals surface area (Å²) in [6.07, 6.45) is 0.372. The molecule has 0 saturated carbocycles. The van der Waals surface area contributed by atoms with Gasteiger partial charge in [-0.05, 0) is 6.42 Å². The highest BCUT2D eigenvalue weighted by molar-refractivity contribution is 5.85. The van der Waals surface area contributed by atoms with Crippen LogP contribution >= 0.6 is 0 Å². The van der Waals surface area contributed by atoms with Gasteiger partial charge in [-0.1, -0.05) is 13.8 Å². The van der Waals surface area contributed by atoms with Gasteiger partial charge in [0.2, 0.25) is 0 Å². The maximum Gasteiger partial charge on any atom is 0.152 e. The van der Waals surface area contributed by atoms with Crippen LogP contribution in [-0.2, 0) is 4.79 Å². The second kappa shape index (κ2) is 4.41. The minimum Gasteiger partial charge on any atom is -0.396 e. The van der Waals surface area contributed by atoms with Crippen LogP contribution in [0.4, 0.5) is 0 Å². The van der Waals surface area contributed by atoms with Crippen molar-refractivity contribution >= 4 is 5.78 Å². The van der Waals surface area contributed by atoms with Crippen molar-refractivity contribution in [1.29, 1.82) is 0 Å². The van der Waals surface area contributed by atoms with E-state index in [-0.39, 0.29) is 18.3 Å². The number of nitrogens with two attached hydrogens (primary N) is 1. The number of carbonyl (C=O) groups is 1. The van der Waals surface area contributed by atoms with Crippen molar-refractivity contribution in [2.75, 3.05) is 6.61 Å². The van der Waals surface area contributed by atoms with E-state index < -0.39 is 6.04 Å². The Kier molecular flexibility index (Phi) is 4.23. The summed E-state index contributed by atoms with van der Waals surface area (Å²) < 4.78 is 0. The number of ketones is 1. The molecule has 3 heteroatoms. The van der Waals surface area contributed by atoms with E-state index in [1.807, 2.05) is 0 Å². The first-order valence-corrected chi connectivity index (χ1v) is 3.49. The molecule has 0 heterocycles. The minimum absolute atomic E-state index is 0.0143. The number of hydrogen-bond donors (Lipinski definition) is 2. The molecule has 0 unspecified atom stereocenters. The zero-order valence-electron chi connectivity index (χ0n) is 6.50. The molecule has 0 amide bonds. The predicted molar refractivity (Wildman–Crippen MR) is 39.5 cm³/mol. The van der Waals surface area contributed by atoms with Gasteiger partial charge in [-0.15, -0.1) is 0 Å². The number of rotatable bonds is 4. The zero-order chi connectivity index (χ0) is 8.15. The van der Waals surface area contributed by atoms with Gasteiger partial charge in [0.15, 0.2) is 5.78 Å². The monoisotopic (exact) mass is 145 g/mol. The normalized spacial score (nSPS) is 13.7. The summed E-state index contributed by atoms with van der Waals surface area (Å²) in [7, 11) is 0.